The Kier molecular flexibility index (Phi) is 5.36. The number of amides is 1. The van der Waals surface area contributed by atoms with Crippen molar-refractivity contribution >= 4 is 17.6 Å². The van der Waals surface area contributed by atoms with E-state index in [-0.39, 0.29) is 11.7 Å². The molecule has 5 nitrogen and oxygen atoms in total. The number of aromatic carboxylic acids is 1. The monoisotopic (exact) mass is 301 g/mol. The fourth-order valence-electron chi connectivity index (χ4n) is 2.08. The van der Waals surface area contributed by atoms with Gasteiger partial charge in [0.1, 0.15) is 5.76 Å². The van der Waals surface area contributed by atoms with Gasteiger partial charge in [0, 0.05) is 17.7 Å². The second-order valence-corrected chi connectivity index (χ2v) is 5.05. The Hall–Kier alpha value is -2.56. The van der Waals surface area contributed by atoms with Gasteiger partial charge in [-0.3, -0.25) is 4.79 Å². The average Bonchev–Trinajstić information content (AvgIpc) is 2.98. The van der Waals surface area contributed by atoms with Gasteiger partial charge in [-0.1, -0.05) is 19.8 Å². The summed E-state index contributed by atoms with van der Waals surface area (Å²) < 4.78 is 5.23. The lowest BCUT2D eigenvalue weighted by atomic mass is 10.1. The minimum atomic E-state index is -1.10. The molecular formula is C17H19NO4. The van der Waals surface area contributed by atoms with E-state index < -0.39 is 5.97 Å². The van der Waals surface area contributed by atoms with Gasteiger partial charge in [0.15, 0.2) is 0 Å². The van der Waals surface area contributed by atoms with Crippen LogP contribution in [0.2, 0.25) is 0 Å². The molecule has 0 fully saturated rings. The van der Waals surface area contributed by atoms with Crippen LogP contribution in [0.3, 0.4) is 0 Å². The number of anilines is 1. The molecule has 1 amide bonds. The fourth-order valence-corrected chi connectivity index (χ4v) is 2.08. The second kappa shape index (κ2) is 7.45. The van der Waals surface area contributed by atoms with Crippen molar-refractivity contribution < 1.29 is 19.1 Å². The fraction of sp³-hybridized carbons (Fsp3) is 0.294. The number of carbonyl (C=O) groups excluding carboxylic acids is 1. The molecule has 0 aliphatic carbocycles. The highest BCUT2D eigenvalue weighted by Crippen LogP contribution is 2.24. The molecule has 0 atom stereocenters. The summed E-state index contributed by atoms with van der Waals surface area (Å²) >= 11 is 0. The first-order valence-corrected chi connectivity index (χ1v) is 7.33. The van der Waals surface area contributed by atoms with Crippen LogP contribution in [-0.2, 0) is 4.79 Å². The van der Waals surface area contributed by atoms with Crippen molar-refractivity contribution in [2.45, 2.75) is 32.6 Å². The van der Waals surface area contributed by atoms with Crippen LogP contribution >= 0.6 is 0 Å². The maximum absolute atomic E-state index is 11.7. The number of hydrogen-bond donors (Lipinski definition) is 2. The molecular weight excluding hydrogens is 282 g/mol. The van der Waals surface area contributed by atoms with Gasteiger partial charge in [-0.25, -0.2) is 4.79 Å². The molecule has 2 rings (SSSR count). The molecule has 1 aromatic heterocycles. The van der Waals surface area contributed by atoms with Crippen LogP contribution in [0.25, 0.3) is 11.3 Å². The van der Waals surface area contributed by atoms with E-state index in [0.717, 1.165) is 30.5 Å². The van der Waals surface area contributed by atoms with Gasteiger partial charge in [-0.15, -0.1) is 0 Å². The average molecular weight is 301 g/mol. The van der Waals surface area contributed by atoms with Crippen molar-refractivity contribution in [2.75, 3.05) is 5.32 Å². The number of benzene rings is 1. The molecule has 0 saturated heterocycles. The van der Waals surface area contributed by atoms with Gasteiger partial charge >= 0.3 is 5.97 Å². The topological polar surface area (TPSA) is 79.5 Å². The SMILES string of the molecule is CCCCCC(=O)Nc1ccc(-c2ccc(C(=O)O)o2)cc1. The summed E-state index contributed by atoms with van der Waals surface area (Å²) in [5.74, 6) is -0.698. The van der Waals surface area contributed by atoms with Gasteiger partial charge in [0.2, 0.25) is 11.7 Å². The summed E-state index contributed by atoms with van der Waals surface area (Å²) in [4.78, 5) is 22.5. The molecule has 1 heterocycles. The highest BCUT2D eigenvalue weighted by atomic mass is 16.4. The predicted octanol–water partition coefficient (Wildman–Crippen LogP) is 4.16. The normalized spacial score (nSPS) is 10.4. The molecule has 2 N–H and O–H groups in total. The minimum Gasteiger partial charge on any atom is -0.475 e. The maximum Gasteiger partial charge on any atom is 0.371 e. The van der Waals surface area contributed by atoms with Crippen molar-refractivity contribution in [3.63, 3.8) is 0 Å². The number of rotatable bonds is 7. The lowest BCUT2D eigenvalue weighted by Gasteiger charge is -2.05. The Morgan fingerprint density at radius 2 is 1.82 bits per heavy atom. The molecule has 0 unspecified atom stereocenters. The number of hydrogen-bond acceptors (Lipinski definition) is 3. The molecule has 0 aliphatic rings. The van der Waals surface area contributed by atoms with Crippen LogP contribution < -0.4 is 5.32 Å². The van der Waals surface area contributed by atoms with E-state index in [2.05, 4.69) is 12.2 Å². The van der Waals surface area contributed by atoms with E-state index in [1.54, 1.807) is 30.3 Å². The Balaban J connectivity index is 1.97. The van der Waals surface area contributed by atoms with Crippen LogP contribution in [-0.4, -0.2) is 17.0 Å². The lowest BCUT2D eigenvalue weighted by molar-refractivity contribution is -0.116. The highest BCUT2D eigenvalue weighted by Gasteiger charge is 2.10. The molecule has 2 aromatic rings. The zero-order valence-corrected chi connectivity index (χ0v) is 12.5. The quantitative estimate of drug-likeness (QED) is 0.752. The van der Waals surface area contributed by atoms with E-state index in [9.17, 15) is 9.59 Å². The van der Waals surface area contributed by atoms with Crippen molar-refractivity contribution in [1.82, 2.24) is 0 Å². The molecule has 0 saturated carbocycles. The lowest BCUT2D eigenvalue weighted by Crippen LogP contribution is -2.10. The minimum absolute atomic E-state index is 0.00682. The number of carboxylic acid groups (broad SMARTS) is 1. The van der Waals surface area contributed by atoms with E-state index in [1.807, 2.05) is 0 Å². The maximum atomic E-state index is 11.7. The second-order valence-electron chi connectivity index (χ2n) is 5.05. The van der Waals surface area contributed by atoms with Gasteiger partial charge in [0.25, 0.3) is 0 Å². The first kappa shape index (κ1) is 15.8. The number of furan rings is 1. The smallest absolute Gasteiger partial charge is 0.371 e. The largest absolute Gasteiger partial charge is 0.475 e. The third-order valence-electron chi connectivity index (χ3n) is 3.28. The Labute approximate surface area is 129 Å². The molecule has 0 bridgehead atoms. The van der Waals surface area contributed by atoms with Crippen molar-refractivity contribution in [2.24, 2.45) is 0 Å². The van der Waals surface area contributed by atoms with Crippen molar-refractivity contribution in [3.8, 4) is 11.3 Å². The molecule has 0 spiro atoms. The summed E-state index contributed by atoms with van der Waals surface area (Å²) in [5.41, 5.74) is 1.48. The third-order valence-corrected chi connectivity index (χ3v) is 3.28. The molecule has 116 valence electrons. The van der Waals surface area contributed by atoms with E-state index in [0.29, 0.717) is 12.2 Å². The molecule has 0 radical (unpaired) electrons. The van der Waals surface area contributed by atoms with Gasteiger partial charge in [0.05, 0.1) is 0 Å². The summed E-state index contributed by atoms with van der Waals surface area (Å²) in [7, 11) is 0. The van der Waals surface area contributed by atoms with E-state index in [1.165, 1.54) is 6.07 Å². The third kappa shape index (κ3) is 4.22. The Morgan fingerprint density at radius 1 is 1.09 bits per heavy atom. The molecule has 0 aliphatic heterocycles. The Bertz CT molecular complexity index is 643. The van der Waals surface area contributed by atoms with E-state index in [4.69, 9.17) is 9.52 Å². The van der Waals surface area contributed by atoms with Crippen LogP contribution in [0.5, 0.6) is 0 Å². The molecule has 22 heavy (non-hydrogen) atoms. The predicted molar refractivity (Wildman–Crippen MR) is 83.9 cm³/mol. The van der Waals surface area contributed by atoms with Crippen LogP contribution in [0, 0.1) is 0 Å². The van der Waals surface area contributed by atoms with E-state index >= 15 is 0 Å². The number of carboxylic acids is 1. The van der Waals surface area contributed by atoms with Crippen LogP contribution in [0.1, 0.15) is 43.2 Å². The number of nitrogens with one attached hydrogen (secondary N) is 1. The molecule has 5 heteroatoms. The number of carbonyl (C=O) groups is 2. The standard InChI is InChI=1S/C17H19NO4/c1-2-3-4-5-16(19)18-13-8-6-12(7-9-13)14-10-11-15(22-14)17(20)21/h6-11H,2-5H2,1H3,(H,18,19)(H,20,21). The first-order chi connectivity index (χ1) is 10.6. The van der Waals surface area contributed by atoms with Crippen LogP contribution in [0.15, 0.2) is 40.8 Å². The van der Waals surface area contributed by atoms with Gasteiger partial charge in [-0.2, -0.15) is 0 Å². The zero-order chi connectivity index (χ0) is 15.9. The van der Waals surface area contributed by atoms with Gasteiger partial charge < -0.3 is 14.8 Å². The first-order valence-electron chi connectivity index (χ1n) is 7.33. The summed E-state index contributed by atoms with van der Waals surface area (Å²) in [5, 5.41) is 11.7. The number of unbranched alkanes of at least 4 members (excludes halogenated alkanes) is 2. The molecule has 1 aromatic carbocycles. The van der Waals surface area contributed by atoms with Gasteiger partial charge in [-0.05, 0) is 42.8 Å². The summed E-state index contributed by atoms with van der Waals surface area (Å²) in [6.07, 6.45) is 3.56. The highest BCUT2D eigenvalue weighted by molar-refractivity contribution is 5.91. The van der Waals surface area contributed by atoms with Crippen LogP contribution in [0.4, 0.5) is 5.69 Å². The van der Waals surface area contributed by atoms with Crippen molar-refractivity contribution in [1.29, 1.82) is 0 Å². The van der Waals surface area contributed by atoms with Crippen molar-refractivity contribution in [3.05, 3.63) is 42.2 Å². The summed E-state index contributed by atoms with van der Waals surface area (Å²) in [6.45, 7) is 2.10. The Morgan fingerprint density at radius 3 is 2.41 bits per heavy atom. The zero-order valence-electron chi connectivity index (χ0n) is 12.5. The summed E-state index contributed by atoms with van der Waals surface area (Å²) in [6, 6.07) is 10.1.